The van der Waals surface area contributed by atoms with Crippen LogP contribution in [0.25, 0.3) is 0 Å². The van der Waals surface area contributed by atoms with Crippen molar-refractivity contribution < 1.29 is 4.79 Å². The van der Waals surface area contributed by atoms with E-state index >= 15 is 0 Å². The molecule has 0 aliphatic heterocycles. The quantitative estimate of drug-likeness (QED) is 0.818. The van der Waals surface area contributed by atoms with Crippen LogP contribution in [0.3, 0.4) is 0 Å². The average Bonchev–Trinajstić information content (AvgIpc) is 2.25. The molecule has 88 valence electrons. The zero-order valence-electron chi connectivity index (χ0n) is 10.2. The SMILES string of the molecule is CCC[C@@H](N)C(=O)Nc1cccc(C)c1C. The van der Waals surface area contributed by atoms with Crippen LogP contribution in [0.5, 0.6) is 0 Å². The Morgan fingerprint density at radius 3 is 2.75 bits per heavy atom. The van der Waals surface area contributed by atoms with E-state index in [1.807, 2.05) is 39.0 Å². The van der Waals surface area contributed by atoms with E-state index in [1.54, 1.807) is 0 Å². The van der Waals surface area contributed by atoms with Crippen LogP contribution in [0.1, 0.15) is 30.9 Å². The van der Waals surface area contributed by atoms with Gasteiger partial charge in [0.2, 0.25) is 5.91 Å². The predicted octanol–water partition coefficient (Wildman–Crippen LogP) is 2.37. The zero-order valence-corrected chi connectivity index (χ0v) is 10.2. The lowest BCUT2D eigenvalue weighted by atomic mass is 10.1. The van der Waals surface area contributed by atoms with E-state index in [4.69, 9.17) is 5.73 Å². The van der Waals surface area contributed by atoms with Gasteiger partial charge in [-0.1, -0.05) is 25.5 Å². The number of hydrogen-bond donors (Lipinski definition) is 2. The molecular weight excluding hydrogens is 200 g/mol. The summed E-state index contributed by atoms with van der Waals surface area (Å²) in [5, 5.41) is 2.87. The second-order valence-electron chi connectivity index (χ2n) is 4.13. The van der Waals surface area contributed by atoms with Gasteiger partial charge in [0.25, 0.3) is 0 Å². The van der Waals surface area contributed by atoms with Crippen molar-refractivity contribution in [3.8, 4) is 0 Å². The van der Waals surface area contributed by atoms with Crippen molar-refractivity contribution in [2.45, 2.75) is 39.7 Å². The topological polar surface area (TPSA) is 55.1 Å². The van der Waals surface area contributed by atoms with Gasteiger partial charge in [0.1, 0.15) is 0 Å². The van der Waals surface area contributed by atoms with Gasteiger partial charge < -0.3 is 11.1 Å². The van der Waals surface area contributed by atoms with Crippen LogP contribution in [0.15, 0.2) is 18.2 Å². The zero-order chi connectivity index (χ0) is 12.1. The number of rotatable bonds is 4. The van der Waals surface area contributed by atoms with Crippen LogP contribution in [-0.4, -0.2) is 11.9 Å². The van der Waals surface area contributed by atoms with E-state index in [-0.39, 0.29) is 5.91 Å². The molecule has 0 heterocycles. The minimum absolute atomic E-state index is 0.101. The van der Waals surface area contributed by atoms with Crippen LogP contribution in [0, 0.1) is 13.8 Å². The van der Waals surface area contributed by atoms with Gasteiger partial charge in [-0.3, -0.25) is 4.79 Å². The molecule has 0 saturated carbocycles. The molecule has 0 bridgehead atoms. The lowest BCUT2D eigenvalue weighted by molar-refractivity contribution is -0.117. The highest BCUT2D eigenvalue weighted by molar-refractivity contribution is 5.95. The van der Waals surface area contributed by atoms with Crippen molar-refractivity contribution >= 4 is 11.6 Å². The molecule has 0 aliphatic carbocycles. The molecule has 1 atom stereocenters. The maximum absolute atomic E-state index is 11.7. The first-order valence-electron chi connectivity index (χ1n) is 5.69. The number of hydrogen-bond acceptors (Lipinski definition) is 2. The smallest absolute Gasteiger partial charge is 0.241 e. The molecule has 0 aliphatic rings. The number of anilines is 1. The standard InChI is InChI=1S/C13H20N2O/c1-4-6-11(14)13(16)15-12-8-5-7-9(2)10(12)3/h5,7-8,11H,4,6,14H2,1-3H3,(H,15,16)/t11-/m1/s1. The summed E-state index contributed by atoms with van der Waals surface area (Å²) in [5.74, 6) is -0.101. The Hall–Kier alpha value is -1.35. The Balaban J connectivity index is 2.73. The number of nitrogens with two attached hydrogens (primary N) is 1. The van der Waals surface area contributed by atoms with Crippen molar-refractivity contribution in [3.63, 3.8) is 0 Å². The van der Waals surface area contributed by atoms with Crippen LogP contribution in [0.4, 0.5) is 5.69 Å². The van der Waals surface area contributed by atoms with Gasteiger partial charge >= 0.3 is 0 Å². The van der Waals surface area contributed by atoms with Gasteiger partial charge in [-0.25, -0.2) is 0 Å². The van der Waals surface area contributed by atoms with E-state index in [0.29, 0.717) is 0 Å². The van der Waals surface area contributed by atoms with Crippen molar-refractivity contribution in [1.82, 2.24) is 0 Å². The molecule has 1 aromatic rings. The highest BCUT2D eigenvalue weighted by atomic mass is 16.2. The molecule has 0 unspecified atom stereocenters. The Labute approximate surface area is 97.0 Å². The third-order valence-electron chi connectivity index (χ3n) is 2.80. The van der Waals surface area contributed by atoms with Crippen molar-refractivity contribution in [2.75, 3.05) is 5.32 Å². The largest absolute Gasteiger partial charge is 0.324 e. The van der Waals surface area contributed by atoms with Gasteiger partial charge in [-0.05, 0) is 37.5 Å². The maximum atomic E-state index is 11.7. The second-order valence-corrected chi connectivity index (χ2v) is 4.13. The minimum atomic E-state index is -0.412. The molecule has 1 amide bonds. The highest BCUT2D eigenvalue weighted by Crippen LogP contribution is 2.18. The van der Waals surface area contributed by atoms with Crippen LogP contribution in [-0.2, 0) is 4.79 Å². The fourth-order valence-corrected chi connectivity index (χ4v) is 1.55. The van der Waals surface area contributed by atoms with E-state index in [0.717, 1.165) is 24.1 Å². The summed E-state index contributed by atoms with van der Waals surface area (Å²) in [5.41, 5.74) is 8.87. The third-order valence-corrected chi connectivity index (χ3v) is 2.80. The molecule has 0 radical (unpaired) electrons. The van der Waals surface area contributed by atoms with Gasteiger partial charge in [0.05, 0.1) is 6.04 Å². The second kappa shape index (κ2) is 5.66. The Morgan fingerprint density at radius 2 is 2.12 bits per heavy atom. The van der Waals surface area contributed by atoms with E-state index in [1.165, 1.54) is 5.56 Å². The number of nitrogens with one attached hydrogen (secondary N) is 1. The Bertz CT molecular complexity index is 374. The van der Waals surface area contributed by atoms with E-state index in [2.05, 4.69) is 5.32 Å². The first-order chi connectivity index (χ1) is 7.56. The summed E-state index contributed by atoms with van der Waals surface area (Å²) in [4.78, 5) is 11.7. The van der Waals surface area contributed by atoms with Crippen molar-refractivity contribution in [2.24, 2.45) is 5.73 Å². The van der Waals surface area contributed by atoms with Crippen LogP contribution >= 0.6 is 0 Å². The van der Waals surface area contributed by atoms with Crippen molar-refractivity contribution in [3.05, 3.63) is 29.3 Å². The first kappa shape index (κ1) is 12.7. The monoisotopic (exact) mass is 220 g/mol. The van der Waals surface area contributed by atoms with Gasteiger partial charge in [0.15, 0.2) is 0 Å². The number of carbonyl (C=O) groups is 1. The number of benzene rings is 1. The minimum Gasteiger partial charge on any atom is -0.324 e. The van der Waals surface area contributed by atoms with Crippen LogP contribution < -0.4 is 11.1 Å². The summed E-state index contributed by atoms with van der Waals surface area (Å²) in [6, 6.07) is 5.45. The fraction of sp³-hybridized carbons (Fsp3) is 0.462. The van der Waals surface area contributed by atoms with Crippen LogP contribution in [0.2, 0.25) is 0 Å². The molecule has 16 heavy (non-hydrogen) atoms. The maximum Gasteiger partial charge on any atom is 0.241 e. The summed E-state index contributed by atoms with van der Waals surface area (Å²) in [6.07, 6.45) is 1.64. The molecule has 3 heteroatoms. The summed E-state index contributed by atoms with van der Waals surface area (Å²) in [7, 11) is 0. The Kier molecular flexibility index (Phi) is 4.50. The average molecular weight is 220 g/mol. The lowest BCUT2D eigenvalue weighted by Gasteiger charge is -2.14. The molecule has 3 N–H and O–H groups in total. The summed E-state index contributed by atoms with van der Waals surface area (Å²) >= 11 is 0. The predicted molar refractivity (Wildman–Crippen MR) is 67.4 cm³/mol. The van der Waals surface area contributed by atoms with Crippen molar-refractivity contribution in [1.29, 1.82) is 0 Å². The first-order valence-corrected chi connectivity index (χ1v) is 5.69. The third kappa shape index (κ3) is 3.07. The molecule has 1 aromatic carbocycles. The number of aryl methyl sites for hydroxylation is 1. The normalized spacial score (nSPS) is 12.2. The number of carbonyl (C=O) groups excluding carboxylic acids is 1. The fourth-order valence-electron chi connectivity index (χ4n) is 1.55. The molecule has 0 spiro atoms. The molecule has 0 saturated heterocycles. The molecule has 0 fully saturated rings. The molecule has 3 nitrogen and oxygen atoms in total. The highest BCUT2D eigenvalue weighted by Gasteiger charge is 2.13. The molecule has 0 aromatic heterocycles. The summed E-state index contributed by atoms with van der Waals surface area (Å²) in [6.45, 7) is 6.04. The van der Waals surface area contributed by atoms with Gasteiger partial charge in [-0.15, -0.1) is 0 Å². The molecular formula is C13H20N2O. The van der Waals surface area contributed by atoms with Gasteiger partial charge in [-0.2, -0.15) is 0 Å². The molecule has 1 rings (SSSR count). The number of amides is 1. The van der Waals surface area contributed by atoms with E-state index < -0.39 is 6.04 Å². The van der Waals surface area contributed by atoms with Gasteiger partial charge in [0, 0.05) is 5.69 Å². The lowest BCUT2D eigenvalue weighted by Crippen LogP contribution is -2.35. The Morgan fingerprint density at radius 1 is 1.44 bits per heavy atom. The van der Waals surface area contributed by atoms with E-state index in [9.17, 15) is 4.79 Å². The summed E-state index contributed by atoms with van der Waals surface area (Å²) < 4.78 is 0.